The molecular weight excluding hydrogens is 291 g/mol. The van der Waals surface area contributed by atoms with Gasteiger partial charge in [-0.1, -0.05) is 12.1 Å². The van der Waals surface area contributed by atoms with Crippen molar-refractivity contribution in [2.45, 2.75) is 25.5 Å². The number of hydrogen-bond donors (Lipinski definition) is 1. The summed E-state index contributed by atoms with van der Waals surface area (Å²) in [5.41, 5.74) is 0. The summed E-state index contributed by atoms with van der Waals surface area (Å²) in [5, 5.41) is 2.64. The topological polar surface area (TPSA) is 67.9 Å². The van der Waals surface area contributed by atoms with Crippen molar-refractivity contribution in [1.82, 2.24) is 10.2 Å². The minimum Gasteiger partial charge on any atom is -0.485 e. The van der Waals surface area contributed by atoms with E-state index in [1.54, 1.807) is 19.1 Å². The Kier molecular flexibility index (Phi) is 5.19. The van der Waals surface area contributed by atoms with Gasteiger partial charge in [-0.15, -0.1) is 0 Å². The molecule has 1 aliphatic heterocycles. The van der Waals surface area contributed by atoms with Crippen molar-refractivity contribution in [2.24, 2.45) is 0 Å². The van der Waals surface area contributed by atoms with Crippen LogP contribution < -0.4 is 10.1 Å². The third kappa shape index (κ3) is 3.47. The van der Waals surface area contributed by atoms with Crippen LogP contribution in [0.3, 0.4) is 0 Å². The maximum atomic E-state index is 13.6. The fourth-order valence-electron chi connectivity index (χ4n) is 2.44. The molecule has 1 aromatic rings. The van der Waals surface area contributed by atoms with Crippen molar-refractivity contribution in [3.8, 4) is 5.75 Å². The van der Waals surface area contributed by atoms with Crippen molar-refractivity contribution in [3.05, 3.63) is 30.1 Å². The predicted molar refractivity (Wildman–Crippen MR) is 77.0 cm³/mol. The van der Waals surface area contributed by atoms with Crippen LogP contribution in [0.25, 0.3) is 0 Å². The van der Waals surface area contributed by atoms with Gasteiger partial charge in [0.05, 0.1) is 13.7 Å². The molecule has 0 spiro atoms. The Labute approximate surface area is 128 Å². The smallest absolute Gasteiger partial charge is 0.328 e. The zero-order chi connectivity index (χ0) is 16.1. The second-order valence-corrected chi connectivity index (χ2v) is 4.93. The van der Waals surface area contributed by atoms with E-state index in [1.807, 2.05) is 0 Å². The quantitative estimate of drug-likeness (QED) is 0.857. The molecule has 0 radical (unpaired) electrons. The van der Waals surface area contributed by atoms with Crippen LogP contribution >= 0.6 is 0 Å². The van der Waals surface area contributed by atoms with E-state index in [9.17, 15) is 14.0 Å². The number of ether oxygens (including phenoxy) is 2. The first-order valence-electron chi connectivity index (χ1n) is 7.10. The van der Waals surface area contributed by atoms with Gasteiger partial charge in [-0.05, 0) is 19.1 Å². The van der Waals surface area contributed by atoms with Crippen molar-refractivity contribution >= 4 is 12.0 Å². The number of rotatable bonds is 4. The van der Waals surface area contributed by atoms with Gasteiger partial charge >= 0.3 is 12.0 Å². The molecular formula is C15H19FN2O4. The maximum absolute atomic E-state index is 13.6. The van der Waals surface area contributed by atoms with Crippen LogP contribution in [0.1, 0.15) is 13.3 Å². The van der Waals surface area contributed by atoms with Gasteiger partial charge in [-0.2, -0.15) is 0 Å². The Hall–Kier alpha value is -2.31. The zero-order valence-electron chi connectivity index (χ0n) is 12.5. The van der Waals surface area contributed by atoms with E-state index >= 15 is 0 Å². The minimum atomic E-state index is -0.728. The molecule has 120 valence electrons. The highest BCUT2D eigenvalue weighted by Crippen LogP contribution is 2.25. The Bertz CT molecular complexity index is 552. The molecule has 7 heteroatoms. The molecule has 1 aliphatic rings. The van der Waals surface area contributed by atoms with Crippen molar-refractivity contribution < 1.29 is 23.5 Å². The summed E-state index contributed by atoms with van der Waals surface area (Å²) in [7, 11) is 1.27. The molecule has 1 fully saturated rings. The molecule has 2 unspecified atom stereocenters. The van der Waals surface area contributed by atoms with Gasteiger partial charge in [-0.25, -0.2) is 14.0 Å². The Morgan fingerprint density at radius 1 is 1.41 bits per heavy atom. The number of urea groups is 1. The number of amides is 2. The molecule has 6 nitrogen and oxygen atoms in total. The molecule has 0 aromatic heterocycles. The van der Waals surface area contributed by atoms with Gasteiger partial charge in [0.2, 0.25) is 0 Å². The molecule has 2 atom stereocenters. The number of esters is 1. The zero-order valence-corrected chi connectivity index (χ0v) is 12.5. The third-order valence-electron chi connectivity index (χ3n) is 3.46. The average molecular weight is 310 g/mol. The summed E-state index contributed by atoms with van der Waals surface area (Å²) in [6.07, 6.45) is -0.207. The summed E-state index contributed by atoms with van der Waals surface area (Å²) in [5.74, 6) is -0.881. The maximum Gasteiger partial charge on any atom is 0.328 e. The van der Waals surface area contributed by atoms with Crippen molar-refractivity contribution in [3.63, 3.8) is 0 Å². The first kappa shape index (κ1) is 16.1. The second kappa shape index (κ2) is 7.11. The highest BCUT2D eigenvalue weighted by molar-refractivity contribution is 5.84. The van der Waals surface area contributed by atoms with Crippen LogP contribution in [-0.4, -0.2) is 49.2 Å². The summed E-state index contributed by atoms with van der Waals surface area (Å²) < 4.78 is 23.9. The number of likely N-dealkylation sites (tertiary alicyclic amines) is 1. The summed E-state index contributed by atoms with van der Waals surface area (Å²) in [6.45, 7) is 2.43. The van der Waals surface area contributed by atoms with Gasteiger partial charge < -0.3 is 19.7 Å². The predicted octanol–water partition coefficient (Wildman–Crippen LogP) is 1.55. The molecule has 0 saturated carbocycles. The van der Waals surface area contributed by atoms with Gasteiger partial charge in [0, 0.05) is 13.0 Å². The number of carbonyl (C=O) groups is 2. The van der Waals surface area contributed by atoms with Crippen LogP contribution in [0.15, 0.2) is 24.3 Å². The lowest BCUT2D eigenvalue weighted by Crippen LogP contribution is -2.46. The SMILES string of the molecule is CCNC(=O)N1CC(Oc2ccccc2F)CC1C(=O)OC. The molecule has 2 amide bonds. The molecule has 1 aromatic carbocycles. The van der Waals surface area contributed by atoms with E-state index in [-0.39, 0.29) is 24.7 Å². The van der Waals surface area contributed by atoms with Crippen LogP contribution in [0.5, 0.6) is 5.75 Å². The van der Waals surface area contributed by atoms with Crippen molar-refractivity contribution in [1.29, 1.82) is 0 Å². The standard InChI is InChI=1S/C15H19FN2O4/c1-3-17-15(20)18-9-10(8-12(18)14(19)21-2)22-13-7-5-4-6-11(13)16/h4-7,10,12H,3,8-9H2,1-2H3,(H,17,20). The van der Waals surface area contributed by atoms with Gasteiger partial charge in [-0.3, -0.25) is 0 Å². The van der Waals surface area contributed by atoms with E-state index < -0.39 is 23.9 Å². The monoisotopic (exact) mass is 310 g/mol. The molecule has 1 N–H and O–H groups in total. The van der Waals surface area contributed by atoms with E-state index in [0.29, 0.717) is 6.54 Å². The van der Waals surface area contributed by atoms with Gasteiger partial charge in [0.25, 0.3) is 0 Å². The van der Waals surface area contributed by atoms with E-state index in [4.69, 9.17) is 9.47 Å². The number of nitrogens with one attached hydrogen (secondary N) is 1. The largest absolute Gasteiger partial charge is 0.485 e. The number of hydrogen-bond acceptors (Lipinski definition) is 4. The minimum absolute atomic E-state index is 0.105. The lowest BCUT2D eigenvalue weighted by atomic mass is 10.2. The third-order valence-corrected chi connectivity index (χ3v) is 3.46. The summed E-state index contributed by atoms with van der Waals surface area (Å²) in [4.78, 5) is 25.2. The molecule has 1 heterocycles. The van der Waals surface area contributed by atoms with E-state index in [1.165, 1.54) is 24.1 Å². The van der Waals surface area contributed by atoms with Crippen LogP contribution in [0.4, 0.5) is 9.18 Å². The molecule has 1 saturated heterocycles. The average Bonchev–Trinajstić information content (AvgIpc) is 2.93. The van der Waals surface area contributed by atoms with E-state index in [0.717, 1.165) is 0 Å². The first-order valence-corrected chi connectivity index (χ1v) is 7.10. The number of methoxy groups -OCH3 is 1. The number of carbonyl (C=O) groups excluding carboxylic acids is 2. The highest BCUT2D eigenvalue weighted by atomic mass is 19.1. The molecule has 22 heavy (non-hydrogen) atoms. The Morgan fingerprint density at radius 2 is 2.14 bits per heavy atom. The van der Waals surface area contributed by atoms with E-state index in [2.05, 4.69) is 5.32 Å². The second-order valence-electron chi connectivity index (χ2n) is 4.93. The van der Waals surface area contributed by atoms with Crippen molar-refractivity contribution in [2.75, 3.05) is 20.2 Å². The molecule has 0 bridgehead atoms. The number of para-hydroxylation sites is 1. The first-order chi connectivity index (χ1) is 10.6. The van der Waals surface area contributed by atoms with Crippen LogP contribution in [-0.2, 0) is 9.53 Å². The van der Waals surface area contributed by atoms with Gasteiger partial charge in [0.1, 0.15) is 12.1 Å². The fraction of sp³-hybridized carbons (Fsp3) is 0.467. The summed E-state index contributed by atoms with van der Waals surface area (Å²) >= 11 is 0. The molecule has 2 rings (SSSR count). The highest BCUT2D eigenvalue weighted by Gasteiger charge is 2.41. The van der Waals surface area contributed by atoms with Gasteiger partial charge in [0.15, 0.2) is 11.6 Å². The summed E-state index contributed by atoms with van der Waals surface area (Å²) in [6, 6.07) is 4.94. The fourth-order valence-corrected chi connectivity index (χ4v) is 2.44. The van der Waals surface area contributed by atoms with Crippen LogP contribution in [0, 0.1) is 5.82 Å². The Morgan fingerprint density at radius 3 is 2.77 bits per heavy atom. The molecule has 0 aliphatic carbocycles. The number of nitrogens with zero attached hydrogens (tertiary/aromatic N) is 1. The van der Waals surface area contributed by atoms with Crippen LogP contribution in [0.2, 0.25) is 0 Å². The number of halogens is 1. The number of benzene rings is 1. The normalized spacial score (nSPS) is 20.6. The Balaban J connectivity index is 2.10. The lowest BCUT2D eigenvalue weighted by molar-refractivity contribution is -0.145. The lowest BCUT2D eigenvalue weighted by Gasteiger charge is -2.22.